The summed E-state index contributed by atoms with van der Waals surface area (Å²) in [5.74, 6) is 0.648. The molecule has 0 aliphatic carbocycles. The first-order chi connectivity index (χ1) is 14.4. The standard InChI is InChI=1S/C21H22ClN5O3/c1-13-10-26-17-18(23-20(26)25(13)12-16-4-3-9-30-16)24(2)21(29)27(19(17)28)11-14-5-7-15(22)8-6-14/h5-8,10,16H,3-4,9,11-12H2,1-2H3/t16-/m1/s1. The highest BCUT2D eigenvalue weighted by molar-refractivity contribution is 6.30. The fraction of sp³-hybridized carbons (Fsp3) is 0.381. The highest BCUT2D eigenvalue weighted by Gasteiger charge is 2.23. The minimum Gasteiger partial charge on any atom is -0.376 e. The van der Waals surface area contributed by atoms with Gasteiger partial charge in [0, 0.05) is 30.6 Å². The van der Waals surface area contributed by atoms with Crippen LogP contribution in [0.5, 0.6) is 0 Å². The number of benzene rings is 1. The topological polar surface area (TPSA) is 75.5 Å². The van der Waals surface area contributed by atoms with Gasteiger partial charge in [-0.2, -0.15) is 4.98 Å². The summed E-state index contributed by atoms with van der Waals surface area (Å²) in [4.78, 5) is 30.9. The number of ether oxygens (including phenoxy) is 1. The first-order valence-electron chi connectivity index (χ1n) is 9.98. The molecule has 4 aromatic rings. The number of fused-ring (bicyclic) bond motifs is 3. The Labute approximate surface area is 176 Å². The van der Waals surface area contributed by atoms with E-state index < -0.39 is 5.69 Å². The van der Waals surface area contributed by atoms with E-state index in [1.807, 2.05) is 25.3 Å². The Morgan fingerprint density at radius 1 is 1.20 bits per heavy atom. The van der Waals surface area contributed by atoms with Crippen molar-refractivity contribution in [2.45, 2.75) is 39.0 Å². The molecule has 4 heterocycles. The molecule has 0 amide bonds. The second kappa shape index (κ2) is 7.14. The van der Waals surface area contributed by atoms with Gasteiger partial charge in [-0.15, -0.1) is 0 Å². The van der Waals surface area contributed by atoms with Crippen LogP contribution in [0, 0.1) is 6.92 Å². The predicted octanol–water partition coefficient (Wildman–Crippen LogP) is 2.34. The monoisotopic (exact) mass is 427 g/mol. The largest absolute Gasteiger partial charge is 0.376 e. The number of rotatable bonds is 4. The maximum atomic E-state index is 13.3. The Morgan fingerprint density at radius 3 is 2.67 bits per heavy atom. The Bertz CT molecular complexity index is 1370. The minimum atomic E-state index is -0.398. The van der Waals surface area contributed by atoms with Gasteiger partial charge in [0.2, 0.25) is 5.78 Å². The van der Waals surface area contributed by atoms with Gasteiger partial charge in [-0.1, -0.05) is 23.7 Å². The second-order valence-corrected chi connectivity index (χ2v) is 8.27. The van der Waals surface area contributed by atoms with Crippen LogP contribution in [0.15, 0.2) is 40.1 Å². The van der Waals surface area contributed by atoms with E-state index in [1.54, 1.807) is 23.6 Å². The lowest BCUT2D eigenvalue weighted by Gasteiger charge is -2.11. The van der Waals surface area contributed by atoms with E-state index in [1.165, 1.54) is 9.13 Å². The van der Waals surface area contributed by atoms with Gasteiger partial charge in [0.05, 0.1) is 19.2 Å². The van der Waals surface area contributed by atoms with Gasteiger partial charge in [0.1, 0.15) is 0 Å². The van der Waals surface area contributed by atoms with Crippen LogP contribution in [0.25, 0.3) is 16.9 Å². The van der Waals surface area contributed by atoms with Gasteiger partial charge in [0.25, 0.3) is 5.56 Å². The second-order valence-electron chi connectivity index (χ2n) is 7.83. The first-order valence-corrected chi connectivity index (χ1v) is 10.4. The van der Waals surface area contributed by atoms with Crippen LogP contribution < -0.4 is 11.2 Å². The summed E-state index contributed by atoms with van der Waals surface area (Å²) in [5.41, 5.74) is 1.84. The molecule has 156 valence electrons. The summed E-state index contributed by atoms with van der Waals surface area (Å²) in [7, 11) is 1.65. The number of hydrogen-bond donors (Lipinski definition) is 0. The number of hydrogen-bond acceptors (Lipinski definition) is 4. The van der Waals surface area contributed by atoms with E-state index in [9.17, 15) is 9.59 Å². The zero-order valence-electron chi connectivity index (χ0n) is 16.8. The van der Waals surface area contributed by atoms with Crippen LogP contribution >= 0.6 is 11.6 Å². The maximum Gasteiger partial charge on any atom is 0.332 e. The lowest BCUT2D eigenvalue weighted by atomic mass is 10.2. The molecule has 0 saturated carbocycles. The molecule has 30 heavy (non-hydrogen) atoms. The van der Waals surface area contributed by atoms with Crippen molar-refractivity contribution in [1.82, 2.24) is 23.1 Å². The fourth-order valence-corrected chi connectivity index (χ4v) is 4.31. The molecule has 0 spiro atoms. The van der Waals surface area contributed by atoms with Crippen molar-refractivity contribution in [2.75, 3.05) is 6.61 Å². The third kappa shape index (κ3) is 2.98. The van der Waals surface area contributed by atoms with Gasteiger partial charge < -0.3 is 9.30 Å². The van der Waals surface area contributed by atoms with Crippen molar-refractivity contribution in [1.29, 1.82) is 0 Å². The predicted molar refractivity (Wildman–Crippen MR) is 114 cm³/mol. The van der Waals surface area contributed by atoms with Crippen LogP contribution in [0.4, 0.5) is 0 Å². The van der Waals surface area contributed by atoms with Crippen LogP contribution in [-0.4, -0.2) is 35.8 Å². The van der Waals surface area contributed by atoms with Gasteiger partial charge >= 0.3 is 5.69 Å². The normalized spacial score (nSPS) is 16.8. The highest BCUT2D eigenvalue weighted by Crippen LogP contribution is 2.20. The van der Waals surface area contributed by atoms with Gasteiger partial charge in [0.15, 0.2) is 11.2 Å². The summed E-state index contributed by atoms with van der Waals surface area (Å²) in [5, 5.41) is 0.606. The van der Waals surface area contributed by atoms with Crippen molar-refractivity contribution in [2.24, 2.45) is 7.05 Å². The summed E-state index contributed by atoms with van der Waals surface area (Å²) in [6.45, 7) is 3.62. The fourth-order valence-electron chi connectivity index (χ4n) is 4.18. The third-order valence-corrected chi connectivity index (χ3v) is 6.06. The molecule has 1 aromatic carbocycles. The van der Waals surface area contributed by atoms with E-state index in [0.29, 0.717) is 28.5 Å². The van der Waals surface area contributed by atoms with Gasteiger partial charge in [-0.25, -0.2) is 4.79 Å². The quantitative estimate of drug-likeness (QED) is 0.501. The zero-order valence-corrected chi connectivity index (χ0v) is 17.6. The molecule has 0 bridgehead atoms. The summed E-state index contributed by atoms with van der Waals surface area (Å²) in [6, 6.07) is 7.12. The molecule has 9 heteroatoms. The summed E-state index contributed by atoms with van der Waals surface area (Å²) >= 11 is 5.95. The van der Waals surface area contributed by atoms with Crippen molar-refractivity contribution in [3.8, 4) is 0 Å². The highest BCUT2D eigenvalue weighted by atomic mass is 35.5. The Hall–Kier alpha value is -2.84. The first kappa shape index (κ1) is 19.1. The SMILES string of the molecule is Cc1cn2c3c(=O)n(Cc4ccc(Cl)cc4)c(=O)n(C)c3nc2n1C[C@H]1CCCO1. The van der Waals surface area contributed by atoms with E-state index in [4.69, 9.17) is 16.3 Å². The molecular formula is C21H22ClN5O3. The van der Waals surface area contributed by atoms with E-state index in [-0.39, 0.29) is 18.2 Å². The summed E-state index contributed by atoms with van der Waals surface area (Å²) in [6.07, 6.45) is 4.11. The minimum absolute atomic E-state index is 0.144. The molecule has 1 fully saturated rings. The van der Waals surface area contributed by atoms with Crippen LogP contribution in [0.1, 0.15) is 24.1 Å². The van der Waals surface area contributed by atoms with Crippen molar-refractivity contribution in [3.05, 3.63) is 67.6 Å². The Kier molecular flexibility index (Phi) is 4.56. The maximum absolute atomic E-state index is 13.3. The van der Waals surface area contributed by atoms with Gasteiger partial charge in [-0.05, 0) is 37.5 Å². The molecule has 1 aliphatic rings. The number of nitrogens with zero attached hydrogens (tertiary/aromatic N) is 5. The Morgan fingerprint density at radius 2 is 1.97 bits per heavy atom. The molecule has 1 atom stereocenters. The number of aromatic nitrogens is 5. The van der Waals surface area contributed by atoms with E-state index >= 15 is 0 Å². The summed E-state index contributed by atoms with van der Waals surface area (Å²) < 4.78 is 12.3. The molecule has 1 saturated heterocycles. The molecule has 1 aliphatic heterocycles. The molecule has 3 aromatic heterocycles. The molecule has 8 nitrogen and oxygen atoms in total. The number of halogens is 1. The molecular weight excluding hydrogens is 406 g/mol. The smallest absolute Gasteiger partial charge is 0.332 e. The number of imidazole rings is 2. The van der Waals surface area contributed by atoms with Crippen LogP contribution in [0.3, 0.4) is 0 Å². The lowest BCUT2D eigenvalue weighted by Crippen LogP contribution is -2.39. The van der Waals surface area contributed by atoms with Crippen molar-refractivity contribution in [3.63, 3.8) is 0 Å². The van der Waals surface area contributed by atoms with Gasteiger partial charge in [-0.3, -0.25) is 18.3 Å². The average molecular weight is 428 g/mol. The average Bonchev–Trinajstić information content (AvgIpc) is 3.43. The molecule has 5 rings (SSSR count). The zero-order chi connectivity index (χ0) is 21.0. The van der Waals surface area contributed by atoms with Crippen molar-refractivity contribution < 1.29 is 4.74 Å². The van der Waals surface area contributed by atoms with Crippen molar-refractivity contribution >= 4 is 28.5 Å². The molecule has 0 radical (unpaired) electrons. The third-order valence-electron chi connectivity index (χ3n) is 5.80. The van der Waals surface area contributed by atoms with E-state index in [2.05, 4.69) is 9.55 Å². The lowest BCUT2D eigenvalue weighted by molar-refractivity contribution is 0.0974. The Balaban J connectivity index is 1.68. The number of aryl methyl sites for hydroxylation is 2. The molecule has 0 N–H and O–H groups in total. The van der Waals surface area contributed by atoms with Crippen LogP contribution in [-0.2, 0) is 24.9 Å². The van der Waals surface area contributed by atoms with E-state index in [0.717, 1.165) is 30.7 Å². The van der Waals surface area contributed by atoms with Crippen LogP contribution in [0.2, 0.25) is 5.02 Å². The molecule has 0 unspecified atom stereocenters.